The van der Waals surface area contributed by atoms with Crippen molar-refractivity contribution in [1.29, 1.82) is 5.26 Å². The fourth-order valence-corrected chi connectivity index (χ4v) is 4.83. The van der Waals surface area contributed by atoms with E-state index in [2.05, 4.69) is 16.5 Å². The molecule has 186 valence electrons. The Hall–Kier alpha value is -4.03. The Morgan fingerprint density at radius 3 is 2.75 bits per heavy atom. The molecule has 0 saturated carbocycles. The number of nitrogens with zero attached hydrogens (tertiary/aromatic N) is 3. The van der Waals surface area contributed by atoms with Crippen molar-refractivity contribution in [2.75, 3.05) is 7.11 Å². The highest BCUT2D eigenvalue weighted by molar-refractivity contribution is 6.31. The molecule has 2 atom stereocenters. The summed E-state index contributed by atoms with van der Waals surface area (Å²) >= 11 is 6.14. The van der Waals surface area contributed by atoms with Crippen molar-refractivity contribution in [3.05, 3.63) is 78.7 Å². The molecule has 1 aliphatic carbocycles. The van der Waals surface area contributed by atoms with Crippen LogP contribution in [0.4, 0.5) is 0 Å². The van der Waals surface area contributed by atoms with Crippen LogP contribution in [0.3, 0.4) is 0 Å². The molecule has 10 heteroatoms. The number of amides is 1. The Kier molecular flexibility index (Phi) is 6.91. The van der Waals surface area contributed by atoms with Crippen molar-refractivity contribution < 1.29 is 9.53 Å². The van der Waals surface area contributed by atoms with Crippen molar-refractivity contribution in [3.63, 3.8) is 0 Å². The van der Waals surface area contributed by atoms with Gasteiger partial charge in [0.1, 0.15) is 11.8 Å². The van der Waals surface area contributed by atoms with Crippen LogP contribution in [-0.4, -0.2) is 27.4 Å². The van der Waals surface area contributed by atoms with Gasteiger partial charge in [-0.05, 0) is 43.0 Å². The Balaban J connectivity index is 1.69. The molecular formula is C26H26ClN5O4. The van der Waals surface area contributed by atoms with E-state index in [1.165, 1.54) is 28.6 Å². The van der Waals surface area contributed by atoms with Crippen LogP contribution in [0.1, 0.15) is 55.5 Å². The number of hydrogen-bond acceptors (Lipinski definition) is 5. The van der Waals surface area contributed by atoms with Crippen molar-refractivity contribution in [3.8, 4) is 22.9 Å². The van der Waals surface area contributed by atoms with Gasteiger partial charge >= 0.3 is 0 Å². The maximum atomic E-state index is 13.3. The molecule has 1 aliphatic rings. The topological polar surface area (TPSA) is 122 Å². The van der Waals surface area contributed by atoms with Gasteiger partial charge in [-0.15, -0.1) is 0 Å². The Labute approximate surface area is 212 Å². The lowest BCUT2D eigenvalue weighted by atomic mass is 9.91. The van der Waals surface area contributed by atoms with E-state index in [1.54, 1.807) is 31.3 Å². The molecule has 2 heterocycles. The molecule has 0 spiro atoms. The molecule has 0 radical (unpaired) electrons. The van der Waals surface area contributed by atoms with Gasteiger partial charge in [0.2, 0.25) is 5.91 Å². The summed E-state index contributed by atoms with van der Waals surface area (Å²) in [4.78, 5) is 38.8. The summed E-state index contributed by atoms with van der Waals surface area (Å²) in [5, 5.41) is 15.9. The molecule has 36 heavy (non-hydrogen) atoms. The minimum atomic E-state index is -0.803. The first-order chi connectivity index (χ1) is 17.2. The van der Waals surface area contributed by atoms with Crippen molar-refractivity contribution in [2.24, 2.45) is 7.05 Å². The van der Waals surface area contributed by atoms with Gasteiger partial charge in [0.15, 0.2) is 0 Å². The highest BCUT2D eigenvalue weighted by Crippen LogP contribution is 2.34. The highest BCUT2D eigenvalue weighted by Gasteiger charge is 2.27. The van der Waals surface area contributed by atoms with Crippen LogP contribution in [0.2, 0.25) is 5.02 Å². The third-order valence-corrected chi connectivity index (χ3v) is 6.65. The van der Waals surface area contributed by atoms with Crippen LogP contribution in [0.5, 0.6) is 5.75 Å². The number of pyridine rings is 1. The van der Waals surface area contributed by atoms with Crippen LogP contribution in [0.15, 0.2) is 45.7 Å². The van der Waals surface area contributed by atoms with Gasteiger partial charge in [0.05, 0.1) is 30.6 Å². The zero-order valence-corrected chi connectivity index (χ0v) is 21.1. The van der Waals surface area contributed by atoms with Crippen LogP contribution in [-0.2, 0) is 11.8 Å². The van der Waals surface area contributed by atoms with Crippen LogP contribution in [0.25, 0.3) is 17.2 Å². The van der Waals surface area contributed by atoms with Gasteiger partial charge < -0.3 is 10.1 Å². The summed E-state index contributed by atoms with van der Waals surface area (Å²) in [6.45, 7) is 3.75. The third-order valence-electron chi connectivity index (χ3n) is 6.42. The number of hydrogen-bond donors (Lipinski definition) is 2. The summed E-state index contributed by atoms with van der Waals surface area (Å²) < 4.78 is 8.28. The molecule has 0 fully saturated rings. The Morgan fingerprint density at radius 1 is 1.33 bits per heavy atom. The highest BCUT2D eigenvalue weighted by atomic mass is 35.5. The van der Waals surface area contributed by atoms with Crippen LogP contribution in [0, 0.1) is 11.3 Å². The summed E-state index contributed by atoms with van der Waals surface area (Å²) in [5.74, 6) is -0.0915. The lowest BCUT2D eigenvalue weighted by Gasteiger charge is -2.23. The molecule has 2 N–H and O–H groups in total. The Bertz CT molecular complexity index is 1540. The molecule has 3 aromatic rings. The number of aromatic amines is 1. The molecule has 1 amide bonds. The molecule has 0 aliphatic heterocycles. The molecule has 2 aromatic heterocycles. The zero-order chi connectivity index (χ0) is 26.1. The van der Waals surface area contributed by atoms with Gasteiger partial charge in [-0.25, -0.2) is 0 Å². The maximum Gasteiger partial charge on any atom is 0.270 e. The minimum absolute atomic E-state index is 0.0700. The number of carbonyl (C=O) groups is 1. The van der Waals surface area contributed by atoms with E-state index in [4.69, 9.17) is 16.3 Å². The third kappa shape index (κ3) is 4.48. The lowest BCUT2D eigenvalue weighted by molar-refractivity contribution is -0.123. The molecule has 1 aromatic carbocycles. The normalized spacial score (nSPS) is 15.4. The van der Waals surface area contributed by atoms with Gasteiger partial charge in [0.25, 0.3) is 11.1 Å². The number of aromatic nitrogens is 3. The van der Waals surface area contributed by atoms with E-state index in [-0.39, 0.29) is 17.4 Å². The van der Waals surface area contributed by atoms with Crippen molar-refractivity contribution >= 4 is 23.6 Å². The first-order valence-corrected chi connectivity index (χ1v) is 11.9. The molecule has 0 bridgehead atoms. The number of benzene rings is 1. The van der Waals surface area contributed by atoms with E-state index in [1.807, 2.05) is 13.8 Å². The number of ether oxygens (including phenoxy) is 1. The van der Waals surface area contributed by atoms with Gasteiger partial charge in [-0.1, -0.05) is 25.4 Å². The molecule has 4 rings (SSSR count). The number of rotatable bonds is 6. The average Bonchev–Trinajstić information content (AvgIpc) is 3.13. The second-order valence-electron chi connectivity index (χ2n) is 8.79. The number of methoxy groups -OCH3 is 1. The summed E-state index contributed by atoms with van der Waals surface area (Å²) in [7, 11) is 3.11. The number of nitrogens with one attached hydrogen (secondary N) is 2. The van der Waals surface area contributed by atoms with E-state index in [0.717, 1.165) is 0 Å². The van der Waals surface area contributed by atoms with E-state index < -0.39 is 11.6 Å². The molecule has 2 unspecified atom stereocenters. The summed E-state index contributed by atoms with van der Waals surface area (Å²) in [6.07, 6.45) is 4.09. The van der Waals surface area contributed by atoms with Gasteiger partial charge in [0, 0.05) is 40.5 Å². The smallest absolute Gasteiger partial charge is 0.270 e. The van der Waals surface area contributed by atoms with Gasteiger partial charge in [-0.3, -0.25) is 28.7 Å². The standard InChI is InChI=1S/C26H26ClN5O4/c1-5-21(25(34)29-17-8-14(2)24-20(10-17)30-31(3)26(24)35)32-13-22(36-4)19(11-23(32)33)18-9-16(27)7-6-15(18)12-28/h6-7,9-11,13-14,21,30H,5,8H2,1-4H3,(H,29,34). The first-order valence-electron chi connectivity index (χ1n) is 11.5. The fourth-order valence-electron chi connectivity index (χ4n) is 4.66. The quantitative estimate of drug-likeness (QED) is 0.527. The summed E-state index contributed by atoms with van der Waals surface area (Å²) in [5.41, 5.74) is 2.75. The molecular weight excluding hydrogens is 482 g/mol. The number of allylic oxidation sites excluding steroid dienone is 1. The van der Waals surface area contributed by atoms with Gasteiger partial charge in [-0.2, -0.15) is 5.26 Å². The maximum absolute atomic E-state index is 13.3. The number of aryl methyl sites for hydroxylation is 1. The lowest BCUT2D eigenvalue weighted by Crippen LogP contribution is -2.37. The van der Waals surface area contributed by atoms with Crippen LogP contribution >= 0.6 is 11.6 Å². The molecule has 9 nitrogen and oxygen atoms in total. The van der Waals surface area contributed by atoms with Crippen molar-refractivity contribution in [2.45, 2.75) is 38.6 Å². The monoisotopic (exact) mass is 507 g/mol. The van der Waals surface area contributed by atoms with Crippen molar-refractivity contribution in [1.82, 2.24) is 19.7 Å². The summed E-state index contributed by atoms with van der Waals surface area (Å²) in [6, 6.07) is 7.43. The second-order valence-corrected chi connectivity index (χ2v) is 9.23. The van der Waals surface area contributed by atoms with E-state index in [9.17, 15) is 19.6 Å². The number of H-pyrrole nitrogens is 1. The van der Waals surface area contributed by atoms with Crippen LogP contribution < -0.4 is 21.2 Å². The second kappa shape index (κ2) is 9.91. The number of fused-ring (bicyclic) bond motifs is 1. The predicted octanol–water partition coefficient (Wildman–Crippen LogP) is 3.69. The molecule has 0 saturated heterocycles. The average molecular weight is 508 g/mol. The van der Waals surface area contributed by atoms with E-state index in [0.29, 0.717) is 57.3 Å². The fraction of sp³-hybridized carbons (Fsp3) is 0.308. The number of nitriles is 1. The zero-order valence-electron chi connectivity index (χ0n) is 20.4. The Morgan fingerprint density at radius 2 is 2.08 bits per heavy atom. The first kappa shape index (κ1) is 25.1. The predicted molar refractivity (Wildman–Crippen MR) is 137 cm³/mol. The largest absolute Gasteiger partial charge is 0.495 e. The SMILES string of the molecule is CCC(C(=O)NC1=Cc2[nH]n(C)c(=O)c2C(C)C1)n1cc(OC)c(-c2cc(Cl)ccc2C#N)cc1=O. The number of halogens is 1. The number of carbonyl (C=O) groups excluding carboxylic acids is 1. The van der Waals surface area contributed by atoms with E-state index >= 15 is 0 Å². The minimum Gasteiger partial charge on any atom is -0.495 e.